The fourth-order valence-electron chi connectivity index (χ4n) is 2.38. The van der Waals surface area contributed by atoms with Crippen LogP contribution < -0.4 is 9.64 Å². The molecule has 0 aliphatic carbocycles. The second-order valence-electron chi connectivity index (χ2n) is 4.95. The number of ether oxygens (including phenoxy) is 1. The van der Waals surface area contributed by atoms with Crippen molar-refractivity contribution in [1.82, 2.24) is 4.90 Å². The van der Waals surface area contributed by atoms with Gasteiger partial charge in [-0.15, -0.1) is 24.0 Å². The Morgan fingerprint density at radius 1 is 1.10 bits per heavy atom. The van der Waals surface area contributed by atoms with Gasteiger partial charge in [-0.1, -0.05) is 38.3 Å². The van der Waals surface area contributed by atoms with Crippen LogP contribution in [-0.4, -0.2) is 25.2 Å². The highest BCUT2D eigenvalue weighted by atomic mass is 127. The fraction of sp³-hybridized carbons (Fsp3) is 0.500. The lowest BCUT2D eigenvalue weighted by Gasteiger charge is -2.22. The van der Waals surface area contributed by atoms with Gasteiger partial charge in [-0.3, -0.25) is 0 Å². The molecule has 4 heteroatoms. The van der Waals surface area contributed by atoms with Crippen molar-refractivity contribution in [2.45, 2.75) is 32.6 Å². The topological polar surface area (TPSA) is 15.7 Å². The van der Waals surface area contributed by atoms with Crippen molar-refractivity contribution < 1.29 is 4.74 Å². The number of hydrogen-bond donors (Lipinski definition) is 0. The Kier molecular flexibility index (Phi) is 7.80. The van der Waals surface area contributed by atoms with Gasteiger partial charge >= 0.3 is 0 Å². The molecule has 20 heavy (non-hydrogen) atoms. The Morgan fingerprint density at radius 3 is 2.65 bits per heavy atom. The number of rotatable bonds is 7. The number of anilines is 1. The van der Waals surface area contributed by atoms with Gasteiger partial charge < -0.3 is 14.5 Å². The molecule has 3 nitrogen and oxygen atoms in total. The predicted octanol–water partition coefficient (Wildman–Crippen LogP) is 4.44. The molecule has 0 bridgehead atoms. The van der Waals surface area contributed by atoms with Gasteiger partial charge in [0.1, 0.15) is 5.75 Å². The molecule has 0 unspecified atom stereocenters. The van der Waals surface area contributed by atoms with E-state index in [9.17, 15) is 0 Å². The van der Waals surface area contributed by atoms with E-state index >= 15 is 0 Å². The zero-order valence-corrected chi connectivity index (χ0v) is 14.7. The van der Waals surface area contributed by atoms with Gasteiger partial charge in [-0.2, -0.15) is 0 Å². The van der Waals surface area contributed by atoms with Gasteiger partial charge in [0.05, 0.1) is 19.5 Å². The Morgan fingerprint density at radius 2 is 1.90 bits per heavy atom. The summed E-state index contributed by atoms with van der Waals surface area (Å²) in [5.41, 5.74) is 1.14. The largest absolute Gasteiger partial charge is 0.495 e. The summed E-state index contributed by atoms with van der Waals surface area (Å²) in [6.07, 6.45) is 9.56. The van der Waals surface area contributed by atoms with E-state index in [0.29, 0.717) is 0 Å². The van der Waals surface area contributed by atoms with Crippen LogP contribution >= 0.6 is 24.0 Å². The third-order valence-electron chi connectivity index (χ3n) is 3.48. The van der Waals surface area contributed by atoms with Gasteiger partial charge in [-0.05, 0) is 18.6 Å². The molecule has 0 saturated carbocycles. The second kappa shape index (κ2) is 9.10. The first-order chi connectivity index (χ1) is 9.35. The molecule has 2 rings (SSSR count). The van der Waals surface area contributed by atoms with Gasteiger partial charge in [0, 0.05) is 18.9 Å². The minimum Gasteiger partial charge on any atom is -0.495 e. The Labute approximate surface area is 139 Å². The van der Waals surface area contributed by atoms with Crippen molar-refractivity contribution in [1.29, 1.82) is 0 Å². The van der Waals surface area contributed by atoms with Gasteiger partial charge in [0.15, 0.2) is 0 Å². The molecule has 0 spiro atoms. The predicted molar refractivity (Wildman–Crippen MR) is 95.7 cm³/mol. The SMILES string of the molecule is CCCCCCN1C=CN(c2ccccc2OC)C1.I. The van der Waals surface area contributed by atoms with E-state index in [-0.39, 0.29) is 24.0 Å². The zero-order valence-electron chi connectivity index (χ0n) is 12.4. The van der Waals surface area contributed by atoms with Crippen LogP contribution in [0.5, 0.6) is 5.75 Å². The Balaban J connectivity index is 0.00000200. The van der Waals surface area contributed by atoms with E-state index in [1.807, 2.05) is 12.1 Å². The number of para-hydroxylation sites is 2. The van der Waals surface area contributed by atoms with Crippen LogP contribution in [0.4, 0.5) is 5.69 Å². The summed E-state index contributed by atoms with van der Waals surface area (Å²) < 4.78 is 5.41. The summed E-state index contributed by atoms with van der Waals surface area (Å²) in [6.45, 7) is 4.31. The molecule has 0 radical (unpaired) electrons. The van der Waals surface area contributed by atoms with E-state index in [0.717, 1.165) is 24.7 Å². The fourth-order valence-corrected chi connectivity index (χ4v) is 2.38. The highest BCUT2D eigenvalue weighted by Gasteiger charge is 2.16. The van der Waals surface area contributed by atoms with E-state index in [2.05, 4.69) is 41.3 Å². The zero-order chi connectivity index (χ0) is 13.5. The average molecular weight is 388 g/mol. The minimum atomic E-state index is 0. The third-order valence-corrected chi connectivity index (χ3v) is 3.48. The summed E-state index contributed by atoms with van der Waals surface area (Å²) >= 11 is 0. The first kappa shape index (κ1) is 17.1. The first-order valence-electron chi connectivity index (χ1n) is 7.17. The molecule has 1 aromatic rings. The molecule has 0 aromatic heterocycles. The maximum Gasteiger partial charge on any atom is 0.142 e. The van der Waals surface area contributed by atoms with Crippen LogP contribution in [0.1, 0.15) is 32.6 Å². The molecule has 0 fully saturated rings. The van der Waals surface area contributed by atoms with Crippen molar-refractivity contribution in [3.8, 4) is 5.75 Å². The highest BCUT2D eigenvalue weighted by molar-refractivity contribution is 14.0. The number of benzene rings is 1. The number of halogens is 1. The summed E-state index contributed by atoms with van der Waals surface area (Å²) in [6, 6.07) is 8.16. The summed E-state index contributed by atoms with van der Waals surface area (Å²) in [5.74, 6) is 0.931. The lowest BCUT2D eigenvalue weighted by atomic mass is 10.2. The number of methoxy groups -OCH3 is 1. The molecule has 112 valence electrons. The number of hydrogen-bond acceptors (Lipinski definition) is 3. The molecular formula is C16H25IN2O. The number of nitrogens with zero attached hydrogens (tertiary/aromatic N) is 2. The standard InChI is InChI=1S/C16H24N2O.HI/c1-3-4-5-8-11-17-12-13-18(14-17)15-9-6-7-10-16(15)19-2;/h6-7,9-10,12-13H,3-5,8,11,14H2,1-2H3;1H. The molecule has 1 aliphatic heterocycles. The molecule has 0 amide bonds. The third kappa shape index (κ3) is 4.58. The molecular weight excluding hydrogens is 363 g/mol. The quantitative estimate of drug-likeness (QED) is 0.507. The first-order valence-corrected chi connectivity index (χ1v) is 7.17. The van der Waals surface area contributed by atoms with E-state index < -0.39 is 0 Å². The summed E-state index contributed by atoms with van der Waals surface area (Å²) in [5, 5.41) is 0. The Hall–Kier alpha value is -0.910. The normalized spacial score (nSPS) is 13.5. The van der Waals surface area contributed by atoms with Crippen molar-refractivity contribution in [2.24, 2.45) is 0 Å². The highest BCUT2D eigenvalue weighted by Crippen LogP contribution is 2.29. The summed E-state index contributed by atoms with van der Waals surface area (Å²) in [4.78, 5) is 4.60. The minimum absolute atomic E-state index is 0. The van der Waals surface area contributed by atoms with Crippen LogP contribution in [0, 0.1) is 0 Å². The maximum atomic E-state index is 5.41. The van der Waals surface area contributed by atoms with Crippen molar-refractivity contribution >= 4 is 29.7 Å². The molecule has 0 N–H and O–H groups in total. The second-order valence-corrected chi connectivity index (χ2v) is 4.95. The van der Waals surface area contributed by atoms with E-state index in [1.165, 1.54) is 25.7 Å². The Bertz CT molecular complexity index is 423. The molecule has 1 aromatic carbocycles. The van der Waals surface area contributed by atoms with Crippen LogP contribution in [0.25, 0.3) is 0 Å². The average Bonchev–Trinajstić information content (AvgIpc) is 2.92. The van der Waals surface area contributed by atoms with Crippen LogP contribution in [0.3, 0.4) is 0 Å². The smallest absolute Gasteiger partial charge is 0.142 e. The van der Waals surface area contributed by atoms with E-state index in [1.54, 1.807) is 7.11 Å². The van der Waals surface area contributed by atoms with Crippen LogP contribution in [-0.2, 0) is 0 Å². The van der Waals surface area contributed by atoms with Gasteiger partial charge in [0.25, 0.3) is 0 Å². The monoisotopic (exact) mass is 388 g/mol. The van der Waals surface area contributed by atoms with Crippen molar-refractivity contribution in [3.63, 3.8) is 0 Å². The number of unbranched alkanes of at least 4 members (excludes halogenated alkanes) is 3. The lowest BCUT2D eigenvalue weighted by molar-refractivity contribution is 0.385. The maximum absolute atomic E-state index is 5.41. The van der Waals surface area contributed by atoms with E-state index in [4.69, 9.17) is 4.74 Å². The van der Waals surface area contributed by atoms with Crippen LogP contribution in [0.2, 0.25) is 0 Å². The molecule has 1 aliphatic rings. The molecule has 0 atom stereocenters. The van der Waals surface area contributed by atoms with Crippen molar-refractivity contribution in [3.05, 3.63) is 36.7 Å². The van der Waals surface area contributed by atoms with Crippen LogP contribution in [0.15, 0.2) is 36.7 Å². The molecule has 1 heterocycles. The van der Waals surface area contributed by atoms with Crippen molar-refractivity contribution in [2.75, 3.05) is 25.2 Å². The molecule has 0 saturated heterocycles. The lowest BCUT2D eigenvalue weighted by Crippen LogP contribution is -2.26. The summed E-state index contributed by atoms with van der Waals surface area (Å²) in [7, 11) is 1.72. The van der Waals surface area contributed by atoms with Gasteiger partial charge in [-0.25, -0.2) is 0 Å². The van der Waals surface area contributed by atoms with Gasteiger partial charge in [0.2, 0.25) is 0 Å².